The molecule has 0 radical (unpaired) electrons. The van der Waals surface area contributed by atoms with Gasteiger partial charge < -0.3 is 4.98 Å². The Balaban J connectivity index is 2.36. The van der Waals surface area contributed by atoms with Crippen LogP contribution in [0.25, 0.3) is 16.7 Å². The molecule has 1 N–H and O–H groups in total. The van der Waals surface area contributed by atoms with Crippen molar-refractivity contribution in [1.29, 1.82) is 0 Å². The molecule has 0 bridgehead atoms. The zero-order valence-corrected chi connectivity index (χ0v) is 9.34. The third-order valence-corrected chi connectivity index (χ3v) is 2.78. The molecule has 0 amide bonds. The topological polar surface area (TPSA) is 50.7 Å². The van der Waals surface area contributed by atoms with E-state index in [0.29, 0.717) is 0 Å². The van der Waals surface area contributed by atoms with Crippen LogP contribution < -0.4 is 5.56 Å². The first-order valence-corrected chi connectivity index (χ1v) is 5.39. The van der Waals surface area contributed by atoms with Crippen LogP contribution in [-0.4, -0.2) is 14.8 Å². The van der Waals surface area contributed by atoms with E-state index in [1.807, 2.05) is 37.3 Å². The Morgan fingerprint density at radius 1 is 1.24 bits per heavy atom. The summed E-state index contributed by atoms with van der Waals surface area (Å²) in [5.41, 5.74) is 2.50. The predicted octanol–water partition coefficient (Wildman–Crippen LogP) is 2.02. The third kappa shape index (κ3) is 1.54. The molecule has 3 aromatic rings. The number of hydrogen-bond donors (Lipinski definition) is 1. The van der Waals surface area contributed by atoms with Crippen LogP contribution in [0.3, 0.4) is 0 Å². The molecule has 84 valence electrons. The van der Waals surface area contributed by atoms with Crippen molar-refractivity contribution >= 4 is 11.0 Å². The number of benzene rings is 1. The highest BCUT2D eigenvalue weighted by atomic mass is 16.1. The molecule has 0 saturated heterocycles. The molecule has 0 aliphatic carbocycles. The molecule has 0 unspecified atom stereocenters. The fourth-order valence-corrected chi connectivity index (χ4v) is 1.95. The fourth-order valence-electron chi connectivity index (χ4n) is 1.95. The molecule has 2 heterocycles. The summed E-state index contributed by atoms with van der Waals surface area (Å²) in [4.78, 5) is 14.3. The number of aromatic nitrogens is 3. The van der Waals surface area contributed by atoms with Gasteiger partial charge in [0.1, 0.15) is 5.65 Å². The zero-order chi connectivity index (χ0) is 11.8. The van der Waals surface area contributed by atoms with Crippen molar-refractivity contribution in [2.75, 3.05) is 0 Å². The quantitative estimate of drug-likeness (QED) is 0.688. The standard InChI is InChI=1S/C13H11N3O/c1-9-7-12(17)15-13-11(9)8-14-16(13)10-5-3-2-4-6-10/h2-8H,1H3,(H,15,17). The molecule has 3 rings (SSSR count). The number of aromatic amines is 1. The SMILES string of the molecule is Cc1cc(=O)[nH]c2c1cnn2-c1ccccc1. The van der Waals surface area contributed by atoms with Crippen molar-refractivity contribution in [2.45, 2.75) is 6.92 Å². The summed E-state index contributed by atoms with van der Waals surface area (Å²) in [7, 11) is 0. The van der Waals surface area contributed by atoms with E-state index in [9.17, 15) is 4.79 Å². The molecular formula is C13H11N3O. The monoisotopic (exact) mass is 225 g/mol. The molecule has 17 heavy (non-hydrogen) atoms. The van der Waals surface area contributed by atoms with Gasteiger partial charge in [-0.1, -0.05) is 18.2 Å². The molecule has 4 nitrogen and oxygen atoms in total. The van der Waals surface area contributed by atoms with E-state index in [2.05, 4.69) is 10.1 Å². The predicted molar refractivity (Wildman–Crippen MR) is 66.4 cm³/mol. The number of rotatable bonds is 1. The number of pyridine rings is 1. The van der Waals surface area contributed by atoms with Crippen molar-refractivity contribution in [2.24, 2.45) is 0 Å². The van der Waals surface area contributed by atoms with Crippen LogP contribution in [0, 0.1) is 6.92 Å². The minimum Gasteiger partial charge on any atom is -0.306 e. The number of hydrogen-bond acceptors (Lipinski definition) is 2. The Labute approximate surface area is 97.5 Å². The smallest absolute Gasteiger partial charge is 0.249 e. The lowest BCUT2D eigenvalue weighted by Crippen LogP contribution is -2.07. The summed E-state index contributed by atoms with van der Waals surface area (Å²) in [6.45, 7) is 1.91. The zero-order valence-electron chi connectivity index (χ0n) is 9.34. The van der Waals surface area contributed by atoms with E-state index in [-0.39, 0.29) is 5.56 Å². The number of aryl methyl sites for hydroxylation is 1. The van der Waals surface area contributed by atoms with E-state index in [1.165, 1.54) is 0 Å². The second-order valence-corrected chi connectivity index (χ2v) is 3.97. The van der Waals surface area contributed by atoms with Crippen LogP contribution in [0.4, 0.5) is 0 Å². The van der Waals surface area contributed by atoms with Gasteiger partial charge in [0.25, 0.3) is 0 Å². The van der Waals surface area contributed by atoms with Crippen LogP contribution in [0.5, 0.6) is 0 Å². The van der Waals surface area contributed by atoms with E-state index in [1.54, 1.807) is 16.9 Å². The molecule has 0 aliphatic rings. The maximum Gasteiger partial charge on any atom is 0.249 e. The van der Waals surface area contributed by atoms with E-state index in [4.69, 9.17) is 0 Å². The van der Waals surface area contributed by atoms with Crippen LogP contribution in [0.2, 0.25) is 0 Å². The largest absolute Gasteiger partial charge is 0.306 e. The van der Waals surface area contributed by atoms with Gasteiger partial charge in [-0.3, -0.25) is 4.79 Å². The summed E-state index contributed by atoms with van der Waals surface area (Å²) in [5, 5.41) is 5.28. The number of para-hydroxylation sites is 1. The average Bonchev–Trinajstić information content (AvgIpc) is 2.74. The molecule has 0 aliphatic heterocycles. The molecule has 0 saturated carbocycles. The average molecular weight is 225 g/mol. The highest BCUT2D eigenvalue weighted by Gasteiger charge is 2.07. The summed E-state index contributed by atoms with van der Waals surface area (Å²) in [6.07, 6.45) is 1.77. The number of nitrogens with zero attached hydrogens (tertiary/aromatic N) is 2. The van der Waals surface area contributed by atoms with Gasteiger partial charge in [-0.15, -0.1) is 0 Å². The first-order valence-electron chi connectivity index (χ1n) is 5.39. The lowest BCUT2D eigenvalue weighted by atomic mass is 10.2. The number of nitrogens with one attached hydrogen (secondary N) is 1. The Hall–Kier alpha value is -2.36. The van der Waals surface area contributed by atoms with Gasteiger partial charge in [-0.05, 0) is 24.6 Å². The Morgan fingerprint density at radius 3 is 2.76 bits per heavy atom. The summed E-state index contributed by atoms with van der Waals surface area (Å²) < 4.78 is 1.74. The molecular weight excluding hydrogens is 214 g/mol. The number of fused-ring (bicyclic) bond motifs is 1. The lowest BCUT2D eigenvalue weighted by Gasteiger charge is -2.02. The van der Waals surface area contributed by atoms with Crippen LogP contribution in [0.1, 0.15) is 5.56 Å². The molecule has 0 atom stereocenters. The Bertz CT molecular complexity index is 725. The van der Waals surface area contributed by atoms with Gasteiger partial charge in [0.05, 0.1) is 11.9 Å². The normalized spacial score (nSPS) is 10.9. The summed E-state index contributed by atoms with van der Waals surface area (Å²) in [6, 6.07) is 11.3. The maximum absolute atomic E-state index is 11.5. The lowest BCUT2D eigenvalue weighted by molar-refractivity contribution is 0.894. The van der Waals surface area contributed by atoms with Crippen LogP contribution in [-0.2, 0) is 0 Å². The highest BCUT2D eigenvalue weighted by molar-refractivity contribution is 5.79. The van der Waals surface area contributed by atoms with E-state index < -0.39 is 0 Å². The summed E-state index contributed by atoms with van der Waals surface area (Å²) >= 11 is 0. The van der Waals surface area contributed by atoms with Crippen molar-refractivity contribution in [3.05, 3.63) is 58.5 Å². The fraction of sp³-hybridized carbons (Fsp3) is 0.0769. The highest BCUT2D eigenvalue weighted by Crippen LogP contribution is 2.17. The molecule has 4 heteroatoms. The molecule has 0 fully saturated rings. The first kappa shape index (κ1) is 9.84. The Morgan fingerprint density at radius 2 is 2.00 bits per heavy atom. The van der Waals surface area contributed by atoms with E-state index >= 15 is 0 Å². The second kappa shape index (κ2) is 3.59. The van der Waals surface area contributed by atoms with Crippen molar-refractivity contribution in [1.82, 2.24) is 14.8 Å². The Kier molecular flexibility index (Phi) is 2.08. The first-order chi connectivity index (χ1) is 8.25. The van der Waals surface area contributed by atoms with Gasteiger partial charge in [0.2, 0.25) is 5.56 Å². The van der Waals surface area contributed by atoms with Crippen LogP contribution >= 0.6 is 0 Å². The van der Waals surface area contributed by atoms with Crippen molar-refractivity contribution in [3.63, 3.8) is 0 Å². The van der Waals surface area contributed by atoms with Gasteiger partial charge in [-0.25, -0.2) is 4.68 Å². The third-order valence-electron chi connectivity index (χ3n) is 2.78. The minimum atomic E-state index is -0.104. The van der Waals surface area contributed by atoms with Gasteiger partial charge in [0, 0.05) is 11.5 Å². The maximum atomic E-state index is 11.5. The molecule has 0 spiro atoms. The second-order valence-electron chi connectivity index (χ2n) is 3.97. The molecule has 1 aromatic carbocycles. The van der Waals surface area contributed by atoms with Gasteiger partial charge in [0.15, 0.2) is 0 Å². The summed E-state index contributed by atoms with van der Waals surface area (Å²) in [5.74, 6) is 0. The van der Waals surface area contributed by atoms with Crippen molar-refractivity contribution < 1.29 is 0 Å². The van der Waals surface area contributed by atoms with Crippen molar-refractivity contribution in [3.8, 4) is 5.69 Å². The van der Waals surface area contributed by atoms with Gasteiger partial charge >= 0.3 is 0 Å². The van der Waals surface area contributed by atoms with E-state index in [0.717, 1.165) is 22.3 Å². The van der Waals surface area contributed by atoms with Gasteiger partial charge in [-0.2, -0.15) is 5.10 Å². The molecule has 2 aromatic heterocycles. The minimum absolute atomic E-state index is 0.104. The number of H-pyrrole nitrogens is 1. The van der Waals surface area contributed by atoms with Crippen LogP contribution in [0.15, 0.2) is 47.4 Å².